The van der Waals surface area contributed by atoms with Crippen LogP contribution >= 0.6 is 0 Å². The smallest absolute Gasteiger partial charge is 0.236 e. The molecule has 0 spiro atoms. The van der Waals surface area contributed by atoms with Crippen LogP contribution in [0.2, 0.25) is 0 Å². The maximum atomic E-state index is 6.04. The quantitative estimate of drug-likeness (QED) is 0.367. The minimum Gasteiger partial charge on any atom is -0.476 e. The molecule has 180 valence electrons. The number of fused-ring (bicyclic) bond motifs is 2. The Morgan fingerprint density at radius 3 is 2.22 bits per heavy atom. The van der Waals surface area contributed by atoms with E-state index in [1.165, 1.54) is 0 Å². The normalized spacial score (nSPS) is 13.6. The molecule has 4 heterocycles. The molecule has 2 aromatic carbocycles. The third-order valence-corrected chi connectivity index (χ3v) is 6.31. The summed E-state index contributed by atoms with van der Waals surface area (Å²) in [7, 11) is 0. The molecule has 8 nitrogen and oxygen atoms in total. The molecule has 1 N–H and O–H groups in total. The predicted octanol–water partition coefficient (Wildman–Crippen LogP) is 4.43. The Kier molecular flexibility index (Phi) is 5.87. The van der Waals surface area contributed by atoms with E-state index < -0.39 is 0 Å². The van der Waals surface area contributed by atoms with E-state index in [9.17, 15) is 0 Å². The zero-order valence-electron chi connectivity index (χ0n) is 20.2. The minimum absolute atomic E-state index is 0.365. The minimum atomic E-state index is 0.365. The number of hydrogen-bond donors (Lipinski definition) is 1. The van der Waals surface area contributed by atoms with E-state index in [0.29, 0.717) is 30.9 Å². The Bertz CT molecular complexity index is 1570. The highest BCUT2D eigenvalue weighted by Crippen LogP contribution is 2.26. The molecular formula is C28H26N6O2. The monoisotopic (exact) mass is 478 g/mol. The van der Waals surface area contributed by atoms with E-state index in [1.807, 2.05) is 68.4 Å². The molecule has 1 aliphatic heterocycles. The molecular weight excluding hydrogens is 452 g/mol. The van der Waals surface area contributed by atoms with Crippen molar-refractivity contribution in [1.82, 2.24) is 30.2 Å². The number of benzene rings is 2. The third kappa shape index (κ3) is 4.55. The molecule has 6 rings (SSSR count). The first-order valence-electron chi connectivity index (χ1n) is 12.1. The highest BCUT2D eigenvalue weighted by molar-refractivity contribution is 5.81. The average Bonchev–Trinajstić information content (AvgIpc) is 2.86. The number of aromatic nitrogens is 5. The van der Waals surface area contributed by atoms with Crippen molar-refractivity contribution in [2.45, 2.75) is 20.5 Å². The summed E-state index contributed by atoms with van der Waals surface area (Å²) in [5.41, 5.74) is 7.63. The maximum absolute atomic E-state index is 6.04. The van der Waals surface area contributed by atoms with Crippen LogP contribution in [0.4, 0.5) is 0 Å². The van der Waals surface area contributed by atoms with Gasteiger partial charge in [0.25, 0.3) is 0 Å². The van der Waals surface area contributed by atoms with Gasteiger partial charge in [-0.3, -0.25) is 4.98 Å². The van der Waals surface area contributed by atoms with Crippen molar-refractivity contribution in [2.24, 2.45) is 5.92 Å². The summed E-state index contributed by atoms with van der Waals surface area (Å²) in [4.78, 5) is 23.2. The van der Waals surface area contributed by atoms with Crippen LogP contribution in [0, 0.1) is 19.8 Å². The summed E-state index contributed by atoms with van der Waals surface area (Å²) in [6.45, 7) is 6.83. The number of aryl methyl sites for hydroxylation is 2. The molecule has 1 aliphatic rings. The number of para-hydroxylation sites is 2. The topological polar surface area (TPSA) is 94.9 Å². The summed E-state index contributed by atoms with van der Waals surface area (Å²) in [5.74, 6) is 1.66. The number of rotatable bonds is 7. The van der Waals surface area contributed by atoms with Crippen LogP contribution < -0.4 is 14.8 Å². The zero-order valence-corrected chi connectivity index (χ0v) is 20.2. The van der Waals surface area contributed by atoms with E-state index in [-0.39, 0.29) is 0 Å². The molecule has 3 aromatic heterocycles. The molecule has 0 saturated carbocycles. The first kappa shape index (κ1) is 22.3. The molecule has 0 radical (unpaired) electrons. The summed E-state index contributed by atoms with van der Waals surface area (Å²) in [5, 5.41) is 3.26. The molecule has 1 fully saturated rings. The van der Waals surface area contributed by atoms with Crippen molar-refractivity contribution in [3.8, 4) is 23.0 Å². The Labute approximate surface area is 208 Å². The number of nitrogens with one attached hydrogen (secondary N) is 1. The van der Waals surface area contributed by atoms with Gasteiger partial charge in [-0.2, -0.15) is 0 Å². The fourth-order valence-electron chi connectivity index (χ4n) is 4.17. The lowest BCUT2D eigenvalue weighted by Gasteiger charge is -2.26. The number of pyridine rings is 1. The third-order valence-electron chi connectivity index (χ3n) is 6.31. The Morgan fingerprint density at radius 1 is 0.778 bits per heavy atom. The van der Waals surface area contributed by atoms with Gasteiger partial charge in [-0.1, -0.05) is 18.2 Å². The van der Waals surface area contributed by atoms with Crippen molar-refractivity contribution in [3.05, 3.63) is 77.7 Å². The van der Waals surface area contributed by atoms with Gasteiger partial charge in [-0.15, -0.1) is 0 Å². The van der Waals surface area contributed by atoms with Crippen LogP contribution in [0.15, 0.2) is 60.8 Å². The van der Waals surface area contributed by atoms with Crippen LogP contribution in [-0.2, 0) is 6.61 Å². The average molecular weight is 479 g/mol. The highest BCUT2D eigenvalue weighted by atomic mass is 16.5. The van der Waals surface area contributed by atoms with Crippen molar-refractivity contribution in [3.63, 3.8) is 0 Å². The van der Waals surface area contributed by atoms with Crippen molar-refractivity contribution in [2.75, 3.05) is 19.7 Å². The van der Waals surface area contributed by atoms with Crippen molar-refractivity contribution in [1.29, 1.82) is 0 Å². The SMILES string of the molecule is Cc1nc2ccccc2nc1OCc1ccnc(-c2ccc3nc(C)c(OCC4CNC4)nc3c2)c1. The van der Waals surface area contributed by atoms with E-state index in [1.54, 1.807) is 6.20 Å². The van der Waals surface area contributed by atoms with Crippen LogP contribution in [0.3, 0.4) is 0 Å². The Hall–Kier alpha value is -4.17. The second-order valence-corrected chi connectivity index (χ2v) is 9.09. The highest BCUT2D eigenvalue weighted by Gasteiger charge is 2.18. The first-order valence-corrected chi connectivity index (χ1v) is 12.1. The molecule has 0 unspecified atom stereocenters. The van der Waals surface area contributed by atoms with Gasteiger partial charge in [-0.05, 0) is 55.8 Å². The lowest BCUT2D eigenvalue weighted by atomic mass is 10.1. The zero-order chi connectivity index (χ0) is 24.5. The van der Waals surface area contributed by atoms with Gasteiger partial charge >= 0.3 is 0 Å². The van der Waals surface area contributed by atoms with Gasteiger partial charge in [0.1, 0.15) is 18.0 Å². The van der Waals surface area contributed by atoms with Crippen molar-refractivity contribution < 1.29 is 9.47 Å². The van der Waals surface area contributed by atoms with E-state index in [0.717, 1.165) is 63.4 Å². The number of nitrogens with zero attached hydrogens (tertiary/aromatic N) is 5. The molecule has 0 aliphatic carbocycles. The Morgan fingerprint density at radius 2 is 1.47 bits per heavy atom. The summed E-state index contributed by atoms with van der Waals surface area (Å²) in [6.07, 6.45) is 1.79. The van der Waals surface area contributed by atoms with E-state index in [2.05, 4.69) is 25.3 Å². The molecule has 8 heteroatoms. The lowest BCUT2D eigenvalue weighted by molar-refractivity contribution is 0.192. The van der Waals surface area contributed by atoms with Crippen LogP contribution in [0.25, 0.3) is 33.3 Å². The van der Waals surface area contributed by atoms with Crippen molar-refractivity contribution >= 4 is 22.1 Å². The van der Waals surface area contributed by atoms with E-state index >= 15 is 0 Å². The van der Waals surface area contributed by atoms with Gasteiger partial charge < -0.3 is 14.8 Å². The standard InChI is InChI=1S/C28H26N6O2/c1-17-27(33-23-6-4-3-5-22(23)31-17)35-15-19-9-10-30-25(11-19)21-7-8-24-26(12-21)34-28(18(2)32-24)36-16-20-13-29-14-20/h3-12,20,29H,13-16H2,1-2H3. The molecule has 5 aromatic rings. The van der Waals surface area contributed by atoms with Gasteiger partial charge in [0, 0.05) is 30.8 Å². The fraction of sp³-hybridized carbons (Fsp3) is 0.250. The van der Waals surface area contributed by atoms with Crippen LogP contribution in [0.5, 0.6) is 11.8 Å². The lowest BCUT2D eigenvalue weighted by Crippen LogP contribution is -2.45. The van der Waals surface area contributed by atoms with Gasteiger partial charge in [0.2, 0.25) is 11.8 Å². The summed E-state index contributed by atoms with van der Waals surface area (Å²) >= 11 is 0. The molecule has 0 amide bonds. The Balaban J connectivity index is 1.22. The molecule has 0 atom stereocenters. The summed E-state index contributed by atoms with van der Waals surface area (Å²) in [6, 6.07) is 17.7. The van der Waals surface area contributed by atoms with Gasteiger partial charge in [-0.25, -0.2) is 19.9 Å². The second-order valence-electron chi connectivity index (χ2n) is 9.09. The number of hydrogen-bond acceptors (Lipinski definition) is 8. The molecule has 1 saturated heterocycles. The molecule has 36 heavy (non-hydrogen) atoms. The maximum Gasteiger partial charge on any atom is 0.236 e. The van der Waals surface area contributed by atoms with Gasteiger partial charge in [0.05, 0.1) is 34.4 Å². The summed E-state index contributed by atoms with van der Waals surface area (Å²) < 4.78 is 12.0. The second kappa shape index (κ2) is 9.47. The predicted molar refractivity (Wildman–Crippen MR) is 138 cm³/mol. The van der Waals surface area contributed by atoms with Gasteiger partial charge in [0.15, 0.2) is 0 Å². The largest absolute Gasteiger partial charge is 0.476 e. The molecule has 0 bridgehead atoms. The van der Waals surface area contributed by atoms with Crippen LogP contribution in [0.1, 0.15) is 17.0 Å². The number of ether oxygens (including phenoxy) is 2. The first-order chi connectivity index (χ1) is 17.6. The van der Waals surface area contributed by atoms with Crippen LogP contribution in [-0.4, -0.2) is 44.6 Å². The fourth-order valence-corrected chi connectivity index (χ4v) is 4.17. The van der Waals surface area contributed by atoms with E-state index in [4.69, 9.17) is 14.5 Å².